The minimum atomic E-state index is -0.352. The van der Waals surface area contributed by atoms with Crippen LogP contribution in [0.2, 0.25) is 0 Å². The van der Waals surface area contributed by atoms with Crippen LogP contribution in [-0.4, -0.2) is 41.4 Å². The van der Waals surface area contributed by atoms with Gasteiger partial charge in [-0.1, -0.05) is 38.1 Å². The van der Waals surface area contributed by atoms with Gasteiger partial charge in [-0.3, -0.25) is 4.90 Å². The van der Waals surface area contributed by atoms with Gasteiger partial charge in [-0.25, -0.2) is 0 Å². The second-order valence-corrected chi connectivity index (χ2v) is 10.4. The highest BCUT2D eigenvalue weighted by molar-refractivity contribution is 5.95. The zero-order valence-electron chi connectivity index (χ0n) is 20.6. The molecule has 0 spiro atoms. The molecule has 1 unspecified atom stereocenters. The molecule has 0 radical (unpaired) electrons. The van der Waals surface area contributed by atoms with Gasteiger partial charge in [0, 0.05) is 24.2 Å². The Morgan fingerprint density at radius 2 is 1.77 bits per heavy atom. The molecule has 0 aliphatic carbocycles. The van der Waals surface area contributed by atoms with Crippen molar-refractivity contribution in [1.29, 1.82) is 0 Å². The number of hydrogen-bond donors (Lipinski definition) is 2. The lowest BCUT2D eigenvalue weighted by Gasteiger charge is -2.31. The summed E-state index contributed by atoms with van der Waals surface area (Å²) in [5.41, 5.74) is 5.10. The lowest BCUT2D eigenvalue weighted by Crippen LogP contribution is -2.27. The summed E-state index contributed by atoms with van der Waals surface area (Å²) >= 11 is 0. The molecule has 0 amide bonds. The van der Waals surface area contributed by atoms with E-state index in [1.54, 1.807) is 30.3 Å². The van der Waals surface area contributed by atoms with Crippen LogP contribution in [0.3, 0.4) is 0 Å². The summed E-state index contributed by atoms with van der Waals surface area (Å²) in [7, 11) is 0. The van der Waals surface area contributed by atoms with Gasteiger partial charge in [0.25, 0.3) is 0 Å². The maximum atomic E-state index is 10.1. The largest absolute Gasteiger partial charge is 0.508 e. The van der Waals surface area contributed by atoms with Crippen molar-refractivity contribution in [2.24, 2.45) is 5.41 Å². The first kappa shape index (κ1) is 23.3. The first-order valence-electron chi connectivity index (χ1n) is 12.2. The Bertz CT molecular complexity index is 1250. The van der Waals surface area contributed by atoms with E-state index >= 15 is 0 Å². The van der Waals surface area contributed by atoms with E-state index < -0.39 is 0 Å². The van der Waals surface area contributed by atoms with Crippen LogP contribution < -0.4 is 9.47 Å². The van der Waals surface area contributed by atoms with E-state index in [4.69, 9.17) is 9.47 Å². The van der Waals surface area contributed by atoms with Gasteiger partial charge in [0.15, 0.2) is 0 Å². The van der Waals surface area contributed by atoms with E-state index in [1.165, 1.54) is 6.42 Å². The fraction of sp³-hybridized carbons (Fsp3) is 0.333. The SMILES string of the molecule is CC1=C(c2cccc(O)c2)C(c2ccc(OCCN3CCC(C)(C)C3)cc2)Oc2ccc(O)cc21. The maximum absolute atomic E-state index is 10.1. The van der Waals surface area contributed by atoms with E-state index in [-0.39, 0.29) is 17.6 Å². The van der Waals surface area contributed by atoms with Crippen LogP contribution in [0.25, 0.3) is 11.1 Å². The highest BCUT2D eigenvalue weighted by Crippen LogP contribution is 2.47. The van der Waals surface area contributed by atoms with Crippen LogP contribution in [0.4, 0.5) is 0 Å². The van der Waals surface area contributed by atoms with Crippen molar-refractivity contribution in [2.75, 3.05) is 26.2 Å². The average molecular weight is 472 g/mol. The Morgan fingerprint density at radius 3 is 2.49 bits per heavy atom. The van der Waals surface area contributed by atoms with Gasteiger partial charge in [0.2, 0.25) is 0 Å². The molecule has 0 aromatic heterocycles. The number of aromatic hydroxyl groups is 2. The van der Waals surface area contributed by atoms with Gasteiger partial charge in [-0.15, -0.1) is 0 Å². The first-order chi connectivity index (χ1) is 16.8. The molecule has 1 saturated heterocycles. The summed E-state index contributed by atoms with van der Waals surface area (Å²) < 4.78 is 12.5. The van der Waals surface area contributed by atoms with Crippen LogP contribution >= 0.6 is 0 Å². The topological polar surface area (TPSA) is 62.2 Å². The van der Waals surface area contributed by atoms with Gasteiger partial charge < -0.3 is 19.7 Å². The second kappa shape index (κ2) is 9.31. The Labute approximate surface area is 207 Å². The van der Waals surface area contributed by atoms with Gasteiger partial charge in [-0.2, -0.15) is 0 Å². The summed E-state index contributed by atoms with van der Waals surface area (Å²) in [6.45, 7) is 10.5. The number of benzene rings is 3. The van der Waals surface area contributed by atoms with Crippen molar-refractivity contribution in [3.63, 3.8) is 0 Å². The monoisotopic (exact) mass is 471 g/mol. The van der Waals surface area contributed by atoms with Gasteiger partial charge in [0.1, 0.15) is 35.7 Å². The molecule has 5 rings (SSSR count). The van der Waals surface area contributed by atoms with Crippen molar-refractivity contribution in [1.82, 2.24) is 4.90 Å². The van der Waals surface area contributed by atoms with E-state index in [2.05, 4.69) is 18.7 Å². The number of phenolic OH excluding ortho intramolecular Hbond substituents is 2. The van der Waals surface area contributed by atoms with Gasteiger partial charge in [-0.05, 0) is 84.5 Å². The van der Waals surface area contributed by atoms with E-state index in [0.29, 0.717) is 12.0 Å². The average Bonchev–Trinajstić information content (AvgIpc) is 3.18. The number of allylic oxidation sites excluding steroid dienone is 1. The minimum Gasteiger partial charge on any atom is -0.508 e. The summed E-state index contributed by atoms with van der Waals surface area (Å²) in [5, 5.41) is 20.2. The number of hydrogen-bond acceptors (Lipinski definition) is 5. The van der Waals surface area contributed by atoms with Crippen molar-refractivity contribution in [3.05, 3.63) is 83.4 Å². The lowest BCUT2D eigenvalue weighted by atomic mass is 9.86. The molecule has 182 valence electrons. The van der Waals surface area contributed by atoms with Crippen molar-refractivity contribution >= 4 is 11.1 Å². The molecule has 1 fully saturated rings. The number of ether oxygens (including phenoxy) is 2. The third-order valence-corrected chi connectivity index (χ3v) is 7.05. The lowest BCUT2D eigenvalue weighted by molar-refractivity contribution is 0.222. The smallest absolute Gasteiger partial charge is 0.150 e. The Balaban J connectivity index is 1.38. The third kappa shape index (κ3) is 5.01. The molecule has 2 N–H and O–H groups in total. The number of fused-ring (bicyclic) bond motifs is 1. The molecule has 1 atom stereocenters. The number of rotatable bonds is 6. The van der Waals surface area contributed by atoms with Crippen LogP contribution in [0, 0.1) is 5.41 Å². The summed E-state index contributed by atoms with van der Waals surface area (Å²) in [4.78, 5) is 2.47. The van der Waals surface area contributed by atoms with Gasteiger partial charge >= 0.3 is 0 Å². The van der Waals surface area contributed by atoms with E-state index in [0.717, 1.165) is 59.0 Å². The van der Waals surface area contributed by atoms with Gasteiger partial charge in [0.05, 0.1) is 0 Å². The summed E-state index contributed by atoms with van der Waals surface area (Å²) in [6, 6.07) is 20.5. The molecule has 0 bridgehead atoms. The predicted molar refractivity (Wildman–Crippen MR) is 139 cm³/mol. The van der Waals surface area contributed by atoms with E-state index in [1.807, 2.05) is 43.3 Å². The van der Waals surface area contributed by atoms with Crippen molar-refractivity contribution in [3.8, 4) is 23.0 Å². The normalized spacial score (nSPS) is 19.3. The standard InChI is InChI=1S/C30H33NO4/c1-20-26-18-24(33)9-12-27(26)35-29(28(20)22-5-4-6-23(32)17-22)21-7-10-25(11-8-21)34-16-15-31-14-13-30(2,3)19-31/h4-12,17-18,29,32-33H,13-16,19H2,1-3H3. The minimum absolute atomic E-state index is 0.194. The molecule has 0 saturated carbocycles. The fourth-order valence-corrected chi connectivity index (χ4v) is 5.16. The molecule has 3 aromatic carbocycles. The molecule has 2 aliphatic rings. The number of nitrogens with zero attached hydrogens (tertiary/aromatic N) is 1. The Morgan fingerprint density at radius 1 is 1.00 bits per heavy atom. The van der Waals surface area contributed by atoms with E-state index in [9.17, 15) is 10.2 Å². The second-order valence-electron chi connectivity index (χ2n) is 10.4. The molecular weight excluding hydrogens is 438 g/mol. The maximum Gasteiger partial charge on any atom is 0.150 e. The van der Waals surface area contributed by atoms with Crippen molar-refractivity contribution < 1.29 is 19.7 Å². The molecule has 3 aromatic rings. The highest BCUT2D eigenvalue weighted by Gasteiger charge is 2.30. The molecule has 5 nitrogen and oxygen atoms in total. The van der Waals surface area contributed by atoms with Crippen LogP contribution in [0.15, 0.2) is 66.7 Å². The molecular formula is C30H33NO4. The van der Waals surface area contributed by atoms with Crippen LogP contribution in [0.5, 0.6) is 23.0 Å². The van der Waals surface area contributed by atoms with Crippen molar-refractivity contribution in [2.45, 2.75) is 33.3 Å². The van der Waals surface area contributed by atoms with Crippen LogP contribution in [0.1, 0.15) is 50.0 Å². The first-order valence-corrected chi connectivity index (χ1v) is 12.2. The molecule has 35 heavy (non-hydrogen) atoms. The summed E-state index contributed by atoms with van der Waals surface area (Å²) in [5.74, 6) is 1.96. The number of likely N-dealkylation sites (tertiary alicyclic amines) is 1. The summed E-state index contributed by atoms with van der Waals surface area (Å²) in [6.07, 6.45) is 0.884. The highest BCUT2D eigenvalue weighted by atomic mass is 16.5. The quantitative estimate of drug-likeness (QED) is 0.443. The zero-order chi connectivity index (χ0) is 24.6. The molecule has 2 heterocycles. The van der Waals surface area contributed by atoms with Crippen LogP contribution in [-0.2, 0) is 0 Å². The number of phenols is 2. The molecule has 5 heteroatoms. The third-order valence-electron chi connectivity index (χ3n) is 7.05. The zero-order valence-corrected chi connectivity index (χ0v) is 20.6. The Kier molecular flexibility index (Phi) is 6.20. The fourth-order valence-electron chi connectivity index (χ4n) is 5.16. The Hall–Kier alpha value is -3.44. The predicted octanol–water partition coefficient (Wildman–Crippen LogP) is 6.27. The molecule has 2 aliphatic heterocycles.